The highest BCUT2D eigenvalue weighted by Crippen LogP contribution is 2.24. The second-order valence-electron chi connectivity index (χ2n) is 9.64. The Labute approximate surface area is 224 Å². The Morgan fingerprint density at radius 2 is 1.68 bits per heavy atom. The molecule has 2 aromatic carbocycles. The molecule has 208 valence electrons. The number of halogens is 1. The first-order valence-electron chi connectivity index (χ1n) is 12.7. The summed E-state index contributed by atoms with van der Waals surface area (Å²) in [4.78, 5) is 28.3. The zero-order chi connectivity index (χ0) is 27.9. The van der Waals surface area contributed by atoms with Gasteiger partial charge in [0.2, 0.25) is 11.8 Å². The molecule has 0 heterocycles. The number of para-hydroxylation sites is 1. The Bertz CT molecular complexity index is 1200. The maximum Gasteiger partial charge on any atom is 0.304 e. The van der Waals surface area contributed by atoms with Crippen LogP contribution in [0.1, 0.15) is 44.6 Å². The number of hydrogen-bond acceptors (Lipinski definition) is 5. The van der Waals surface area contributed by atoms with Crippen LogP contribution in [0.3, 0.4) is 0 Å². The molecule has 2 amide bonds. The minimum absolute atomic E-state index is 0.0423. The number of anilines is 1. The van der Waals surface area contributed by atoms with Gasteiger partial charge in [-0.15, -0.1) is 0 Å². The quantitative estimate of drug-likeness (QED) is 0.465. The van der Waals surface area contributed by atoms with Gasteiger partial charge in [-0.3, -0.25) is 9.59 Å². The monoisotopic (exact) mass is 548 g/mol. The fourth-order valence-corrected chi connectivity index (χ4v) is 5.50. The molecule has 1 unspecified atom stereocenters. The van der Waals surface area contributed by atoms with E-state index in [2.05, 4.69) is 5.32 Å². The molecule has 0 bridgehead atoms. The molecule has 1 aliphatic rings. The fraction of sp³-hybridized carbons (Fsp3) is 0.481. The Morgan fingerprint density at radius 1 is 1.05 bits per heavy atom. The number of ether oxygens (including phenoxy) is 1. The van der Waals surface area contributed by atoms with Crippen molar-refractivity contribution in [1.82, 2.24) is 14.5 Å². The molecule has 1 N–H and O–H groups in total. The first kappa shape index (κ1) is 29.4. The Kier molecular flexibility index (Phi) is 10.1. The second kappa shape index (κ2) is 13.1. The van der Waals surface area contributed by atoms with Crippen LogP contribution in [0.25, 0.3) is 0 Å². The second-order valence-corrected chi connectivity index (χ2v) is 11.7. The van der Waals surface area contributed by atoms with E-state index in [1.165, 1.54) is 37.2 Å². The first-order chi connectivity index (χ1) is 18.0. The molecule has 1 aliphatic carbocycles. The zero-order valence-corrected chi connectivity index (χ0v) is 23.2. The lowest BCUT2D eigenvalue weighted by molar-refractivity contribution is -0.139. The average Bonchev–Trinajstić information content (AvgIpc) is 2.91. The van der Waals surface area contributed by atoms with Gasteiger partial charge in [0, 0.05) is 26.7 Å². The smallest absolute Gasteiger partial charge is 0.304 e. The van der Waals surface area contributed by atoms with Crippen LogP contribution in [-0.2, 0) is 26.3 Å². The minimum atomic E-state index is -4.23. The summed E-state index contributed by atoms with van der Waals surface area (Å²) in [5.41, 5.74) is 0.475. The first-order valence-corrected chi connectivity index (χ1v) is 14.1. The van der Waals surface area contributed by atoms with E-state index >= 15 is 0 Å². The van der Waals surface area contributed by atoms with Crippen molar-refractivity contribution in [3.8, 4) is 5.75 Å². The summed E-state index contributed by atoms with van der Waals surface area (Å²) in [6, 6.07) is 11.6. The van der Waals surface area contributed by atoms with Gasteiger partial charge < -0.3 is 15.0 Å². The van der Waals surface area contributed by atoms with Crippen molar-refractivity contribution < 1.29 is 27.1 Å². The lowest BCUT2D eigenvalue weighted by Crippen LogP contribution is -2.53. The molecule has 9 nitrogen and oxygen atoms in total. The van der Waals surface area contributed by atoms with Gasteiger partial charge in [-0.1, -0.05) is 43.5 Å². The van der Waals surface area contributed by atoms with Crippen LogP contribution in [-0.4, -0.2) is 69.3 Å². The molecule has 0 radical (unpaired) electrons. The van der Waals surface area contributed by atoms with Gasteiger partial charge in [-0.05, 0) is 49.6 Å². The highest BCUT2D eigenvalue weighted by molar-refractivity contribution is 7.90. The third-order valence-electron chi connectivity index (χ3n) is 6.77. The van der Waals surface area contributed by atoms with E-state index in [-0.39, 0.29) is 24.2 Å². The summed E-state index contributed by atoms with van der Waals surface area (Å²) < 4.78 is 47.9. The maximum absolute atomic E-state index is 14.7. The molecule has 3 rings (SSSR count). The van der Waals surface area contributed by atoms with Crippen LogP contribution in [0.2, 0.25) is 0 Å². The largest absolute Gasteiger partial charge is 0.497 e. The van der Waals surface area contributed by atoms with Crippen LogP contribution < -0.4 is 14.4 Å². The van der Waals surface area contributed by atoms with E-state index in [0.29, 0.717) is 5.75 Å². The molecule has 38 heavy (non-hydrogen) atoms. The topological polar surface area (TPSA) is 99.3 Å². The molecule has 11 heteroatoms. The van der Waals surface area contributed by atoms with Crippen LogP contribution in [0.15, 0.2) is 48.5 Å². The van der Waals surface area contributed by atoms with Gasteiger partial charge in [-0.2, -0.15) is 12.7 Å². The van der Waals surface area contributed by atoms with Crippen LogP contribution in [0.4, 0.5) is 10.1 Å². The van der Waals surface area contributed by atoms with Gasteiger partial charge in [-0.25, -0.2) is 8.70 Å². The molecule has 0 spiro atoms. The van der Waals surface area contributed by atoms with Gasteiger partial charge in [0.25, 0.3) is 0 Å². The van der Waals surface area contributed by atoms with E-state index in [1.54, 1.807) is 38.3 Å². The van der Waals surface area contributed by atoms with E-state index in [9.17, 15) is 22.4 Å². The van der Waals surface area contributed by atoms with Crippen LogP contribution in [0, 0.1) is 5.82 Å². The van der Waals surface area contributed by atoms with Crippen LogP contribution >= 0.6 is 0 Å². The highest BCUT2D eigenvalue weighted by atomic mass is 32.2. The number of carbonyl (C=O) groups excluding carboxylic acids is 2. The summed E-state index contributed by atoms with van der Waals surface area (Å²) in [6.45, 7) is 0.987. The van der Waals surface area contributed by atoms with Crippen molar-refractivity contribution >= 4 is 27.7 Å². The van der Waals surface area contributed by atoms with Crippen LogP contribution in [0.5, 0.6) is 5.75 Å². The summed E-state index contributed by atoms with van der Waals surface area (Å²) in [7, 11) is -0.0678. The van der Waals surface area contributed by atoms with Gasteiger partial charge in [0.15, 0.2) is 0 Å². The predicted molar refractivity (Wildman–Crippen MR) is 144 cm³/mol. The van der Waals surface area contributed by atoms with Crippen molar-refractivity contribution in [3.63, 3.8) is 0 Å². The molecule has 0 aromatic heterocycles. The van der Waals surface area contributed by atoms with Crippen molar-refractivity contribution in [3.05, 3.63) is 59.9 Å². The molecular formula is C27H37FN4O5S. The average molecular weight is 549 g/mol. The minimum Gasteiger partial charge on any atom is -0.497 e. The number of methoxy groups -OCH3 is 1. The van der Waals surface area contributed by atoms with Gasteiger partial charge in [0.1, 0.15) is 24.2 Å². The predicted octanol–water partition coefficient (Wildman–Crippen LogP) is 3.31. The molecule has 1 atom stereocenters. The van der Waals surface area contributed by atoms with E-state index < -0.39 is 34.5 Å². The summed E-state index contributed by atoms with van der Waals surface area (Å²) in [5.74, 6) is -1.10. The van der Waals surface area contributed by atoms with Gasteiger partial charge >= 0.3 is 10.2 Å². The molecule has 2 aromatic rings. The number of nitrogens with one attached hydrogen (secondary N) is 1. The lowest BCUT2D eigenvalue weighted by atomic mass is 9.95. The maximum atomic E-state index is 14.7. The number of rotatable bonds is 11. The third kappa shape index (κ3) is 7.22. The number of carbonyl (C=O) groups is 2. The van der Waals surface area contributed by atoms with E-state index in [1.807, 2.05) is 0 Å². The normalized spacial score (nSPS) is 15.1. The molecular weight excluding hydrogens is 511 g/mol. The van der Waals surface area contributed by atoms with Crippen molar-refractivity contribution in [2.75, 3.05) is 32.1 Å². The number of hydrogen-bond donors (Lipinski definition) is 1. The molecule has 0 aliphatic heterocycles. The molecule has 1 fully saturated rings. The summed E-state index contributed by atoms with van der Waals surface area (Å²) in [6.07, 6.45) is 4.97. The highest BCUT2D eigenvalue weighted by Gasteiger charge is 2.34. The van der Waals surface area contributed by atoms with Gasteiger partial charge in [0.05, 0.1) is 12.8 Å². The number of benzene rings is 2. The van der Waals surface area contributed by atoms with E-state index in [0.717, 1.165) is 52.3 Å². The van der Waals surface area contributed by atoms with Crippen molar-refractivity contribution in [2.24, 2.45) is 0 Å². The fourth-order valence-electron chi connectivity index (χ4n) is 4.43. The third-order valence-corrected chi connectivity index (χ3v) is 8.58. The lowest BCUT2D eigenvalue weighted by Gasteiger charge is -2.34. The zero-order valence-electron chi connectivity index (χ0n) is 22.4. The number of nitrogens with zero attached hydrogens (tertiary/aromatic N) is 3. The molecule has 1 saturated carbocycles. The standard InChI is InChI=1S/C27H37FN4O5S/c1-20(27(34)29-22-10-6-5-7-11-22)31(18-21-14-16-23(37-4)17-15-21)26(33)19-32(38(35,36)30(2)3)25-13-9-8-12-24(25)28/h8-9,12-17,20,22H,5-7,10-11,18-19H2,1-4H3,(H,29,34). The Hall–Kier alpha value is -3.18. The summed E-state index contributed by atoms with van der Waals surface area (Å²) in [5, 5.41) is 3.05. The number of amides is 2. The Balaban J connectivity index is 1.92. The Morgan fingerprint density at radius 3 is 2.26 bits per heavy atom. The SMILES string of the molecule is COc1ccc(CN(C(=O)CN(c2ccccc2F)S(=O)(=O)N(C)C)C(C)C(=O)NC2CCCCC2)cc1. The van der Waals surface area contributed by atoms with Crippen molar-refractivity contribution in [1.29, 1.82) is 0 Å². The molecule has 0 saturated heterocycles. The summed E-state index contributed by atoms with van der Waals surface area (Å²) >= 11 is 0. The van der Waals surface area contributed by atoms with Crippen molar-refractivity contribution in [2.45, 2.75) is 57.7 Å². The van der Waals surface area contributed by atoms with E-state index in [4.69, 9.17) is 4.74 Å².